The number of aromatic nitrogens is 2. The van der Waals surface area contributed by atoms with E-state index in [9.17, 15) is 0 Å². The molecule has 0 bridgehead atoms. The molecule has 3 rings (SSSR count). The average molecular weight is 371 g/mol. The van der Waals surface area contributed by atoms with Crippen molar-refractivity contribution in [2.75, 3.05) is 14.1 Å². The Morgan fingerprint density at radius 2 is 2.05 bits per heavy atom. The van der Waals surface area contributed by atoms with Crippen molar-refractivity contribution in [2.45, 2.75) is 43.6 Å². The Labute approximate surface area is 139 Å². The summed E-state index contributed by atoms with van der Waals surface area (Å²) in [5.74, 6) is 1.42. The fourth-order valence-electron chi connectivity index (χ4n) is 3.51. The smallest absolute Gasteiger partial charge is 0.124 e. The van der Waals surface area contributed by atoms with E-state index in [-0.39, 0.29) is 5.54 Å². The van der Waals surface area contributed by atoms with Gasteiger partial charge in [-0.15, -0.1) is 11.6 Å². The van der Waals surface area contributed by atoms with Crippen LogP contribution in [0, 0.1) is 0 Å². The Morgan fingerprint density at radius 1 is 1.33 bits per heavy atom. The Kier molecular flexibility index (Phi) is 4.30. The summed E-state index contributed by atoms with van der Waals surface area (Å²) >= 11 is 9.66. The quantitative estimate of drug-likeness (QED) is 0.743. The van der Waals surface area contributed by atoms with Crippen LogP contribution >= 0.6 is 27.5 Å². The van der Waals surface area contributed by atoms with Gasteiger partial charge in [-0.25, -0.2) is 4.98 Å². The maximum Gasteiger partial charge on any atom is 0.124 e. The molecule has 114 valence electrons. The van der Waals surface area contributed by atoms with Gasteiger partial charge in [0.2, 0.25) is 0 Å². The van der Waals surface area contributed by atoms with Crippen LogP contribution in [0.25, 0.3) is 11.0 Å². The number of fused-ring (bicyclic) bond motifs is 1. The Morgan fingerprint density at radius 3 is 2.67 bits per heavy atom. The first kappa shape index (κ1) is 15.3. The van der Waals surface area contributed by atoms with Crippen LogP contribution in [0.1, 0.15) is 31.5 Å². The van der Waals surface area contributed by atoms with E-state index in [1.807, 2.05) is 0 Å². The van der Waals surface area contributed by atoms with Gasteiger partial charge in [0.25, 0.3) is 0 Å². The SMILES string of the molecule is CN(C)C1(Cn2c(CCl)nc3cc(Br)ccc32)CCCC1. The molecule has 1 saturated carbocycles. The maximum atomic E-state index is 6.15. The van der Waals surface area contributed by atoms with E-state index in [0.717, 1.165) is 22.4 Å². The largest absolute Gasteiger partial charge is 0.325 e. The Balaban J connectivity index is 2.06. The predicted octanol–water partition coefficient (Wildman–Crippen LogP) is 4.41. The van der Waals surface area contributed by atoms with Gasteiger partial charge in [0, 0.05) is 16.6 Å². The highest BCUT2D eigenvalue weighted by molar-refractivity contribution is 9.10. The molecule has 0 atom stereocenters. The number of benzene rings is 1. The fourth-order valence-corrected chi connectivity index (χ4v) is 4.06. The van der Waals surface area contributed by atoms with E-state index < -0.39 is 0 Å². The van der Waals surface area contributed by atoms with Crippen LogP contribution in [0.15, 0.2) is 22.7 Å². The van der Waals surface area contributed by atoms with E-state index in [0.29, 0.717) is 5.88 Å². The molecule has 0 unspecified atom stereocenters. The zero-order valence-electron chi connectivity index (χ0n) is 12.6. The van der Waals surface area contributed by atoms with Gasteiger partial charge >= 0.3 is 0 Å². The summed E-state index contributed by atoms with van der Waals surface area (Å²) in [6.45, 7) is 0.972. The third-order valence-electron chi connectivity index (χ3n) is 4.84. The summed E-state index contributed by atoms with van der Waals surface area (Å²) in [4.78, 5) is 7.10. The van der Waals surface area contributed by atoms with Gasteiger partial charge in [0.1, 0.15) is 5.82 Å². The van der Waals surface area contributed by atoms with Crippen LogP contribution in [0.2, 0.25) is 0 Å². The van der Waals surface area contributed by atoms with E-state index in [4.69, 9.17) is 16.6 Å². The molecule has 0 spiro atoms. The molecule has 1 fully saturated rings. The lowest BCUT2D eigenvalue weighted by atomic mass is 9.95. The standard InChI is InChI=1S/C16H21BrClN3/c1-20(2)16(7-3-4-8-16)11-21-14-6-5-12(17)9-13(14)19-15(21)10-18/h5-6,9H,3-4,7-8,10-11H2,1-2H3. The number of alkyl halides is 1. The number of hydrogen-bond acceptors (Lipinski definition) is 2. The van der Waals surface area contributed by atoms with Gasteiger partial charge in [0.05, 0.1) is 16.9 Å². The molecule has 0 aliphatic heterocycles. The molecule has 0 N–H and O–H groups in total. The van der Waals surface area contributed by atoms with Crippen molar-refractivity contribution in [3.8, 4) is 0 Å². The normalized spacial score (nSPS) is 18.0. The fraction of sp³-hybridized carbons (Fsp3) is 0.562. The summed E-state index contributed by atoms with van der Waals surface area (Å²) in [5, 5.41) is 0. The first-order valence-corrected chi connectivity index (χ1v) is 8.76. The Bertz CT molecular complexity index is 644. The second-order valence-corrected chi connectivity index (χ2v) is 7.39. The van der Waals surface area contributed by atoms with Gasteiger partial charge in [-0.2, -0.15) is 0 Å². The Hall–Kier alpha value is -0.580. The topological polar surface area (TPSA) is 21.1 Å². The summed E-state index contributed by atoms with van der Waals surface area (Å²) in [7, 11) is 4.39. The molecule has 0 saturated heterocycles. The van der Waals surface area contributed by atoms with E-state index in [1.165, 1.54) is 31.2 Å². The maximum absolute atomic E-state index is 6.15. The van der Waals surface area contributed by atoms with Gasteiger partial charge < -0.3 is 9.47 Å². The lowest BCUT2D eigenvalue weighted by Crippen LogP contribution is -2.45. The van der Waals surface area contributed by atoms with E-state index in [2.05, 4.69) is 57.7 Å². The van der Waals surface area contributed by atoms with Crippen LogP contribution in [-0.4, -0.2) is 34.1 Å². The molecular formula is C16H21BrClN3. The second-order valence-electron chi connectivity index (χ2n) is 6.21. The molecule has 0 radical (unpaired) electrons. The van der Waals surface area contributed by atoms with Crippen molar-refractivity contribution >= 4 is 38.6 Å². The second kappa shape index (κ2) is 5.90. The number of rotatable bonds is 4. The summed E-state index contributed by atoms with van der Waals surface area (Å²) in [5.41, 5.74) is 2.44. The van der Waals surface area contributed by atoms with Gasteiger partial charge in [-0.1, -0.05) is 28.8 Å². The molecule has 3 nitrogen and oxygen atoms in total. The number of hydrogen-bond donors (Lipinski definition) is 0. The van der Waals surface area contributed by atoms with Crippen molar-refractivity contribution in [3.63, 3.8) is 0 Å². The van der Waals surface area contributed by atoms with Crippen molar-refractivity contribution in [1.29, 1.82) is 0 Å². The molecule has 2 aromatic rings. The zero-order chi connectivity index (χ0) is 15.0. The van der Waals surface area contributed by atoms with Crippen molar-refractivity contribution < 1.29 is 0 Å². The molecule has 1 aliphatic rings. The zero-order valence-corrected chi connectivity index (χ0v) is 14.9. The molecule has 1 heterocycles. The van der Waals surface area contributed by atoms with Crippen LogP contribution in [0.4, 0.5) is 0 Å². The van der Waals surface area contributed by atoms with Gasteiger partial charge in [-0.3, -0.25) is 0 Å². The summed E-state index contributed by atoms with van der Waals surface area (Å²) in [6, 6.07) is 6.29. The minimum atomic E-state index is 0.238. The lowest BCUT2D eigenvalue weighted by Gasteiger charge is -2.37. The minimum absolute atomic E-state index is 0.238. The average Bonchev–Trinajstić information content (AvgIpc) is 3.05. The first-order chi connectivity index (χ1) is 10.1. The lowest BCUT2D eigenvalue weighted by molar-refractivity contribution is 0.134. The van der Waals surface area contributed by atoms with Crippen LogP contribution in [0.3, 0.4) is 0 Å². The predicted molar refractivity (Wildman–Crippen MR) is 91.9 cm³/mol. The van der Waals surface area contributed by atoms with Crippen LogP contribution < -0.4 is 0 Å². The van der Waals surface area contributed by atoms with Crippen molar-refractivity contribution in [2.24, 2.45) is 0 Å². The van der Waals surface area contributed by atoms with E-state index >= 15 is 0 Å². The monoisotopic (exact) mass is 369 g/mol. The number of likely N-dealkylation sites (N-methyl/N-ethyl adjacent to an activating group) is 1. The summed E-state index contributed by atoms with van der Waals surface area (Å²) in [6.07, 6.45) is 5.12. The third kappa shape index (κ3) is 2.73. The number of imidazole rings is 1. The van der Waals surface area contributed by atoms with Gasteiger partial charge in [0.15, 0.2) is 0 Å². The van der Waals surface area contributed by atoms with Gasteiger partial charge in [-0.05, 0) is 45.1 Å². The molecule has 0 amide bonds. The molecule has 21 heavy (non-hydrogen) atoms. The first-order valence-electron chi connectivity index (χ1n) is 7.44. The number of nitrogens with zero attached hydrogens (tertiary/aromatic N) is 3. The number of halogens is 2. The highest BCUT2D eigenvalue weighted by atomic mass is 79.9. The molecule has 1 aromatic carbocycles. The van der Waals surface area contributed by atoms with Crippen LogP contribution in [0.5, 0.6) is 0 Å². The highest BCUT2D eigenvalue weighted by Gasteiger charge is 2.37. The van der Waals surface area contributed by atoms with Crippen LogP contribution in [-0.2, 0) is 12.4 Å². The van der Waals surface area contributed by atoms with Crippen molar-refractivity contribution in [3.05, 3.63) is 28.5 Å². The molecular weight excluding hydrogens is 350 g/mol. The third-order valence-corrected chi connectivity index (χ3v) is 5.58. The molecule has 5 heteroatoms. The highest BCUT2D eigenvalue weighted by Crippen LogP contribution is 2.36. The molecule has 1 aromatic heterocycles. The minimum Gasteiger partial charge on any atom is -0.325 e. The van der Waals surface area contributed by atoms with E-state index in [1.54, 1.807) is 0 Å². The summed E-state index contributed by atoms with van der Waals surface area (Å²) < 4.78 is 3.38. The molecule has 1 aliphatic carbocycles. The van der Waals surface area contributed by atoms with Crippen molar-refractivity contribution in [1.82, 2.24) is 14.5 Å².